The third-order valence-corrected chi connectivity index (χ3v) is 11.6. The molecule has 0 aliphatic carbocycles. The van der Waals surface area contributed by atoms with E-state index in [4.69, 9.17) is 4.74 Å². The second kappa shape index (κ2) is 5.49. The summed E-state index contributed by atoms with van der Waals surface area (Å²) in [5.41, 5.74) is 2.58. The summed E-state index contributed by atoms with van der Waals surface area (Å²) in [6.45, 7) is 14.1. The second-order valence-electron chi connectivity index (χ2n) is 7.77. The highest BCUT2D eigenvalue weighted by Crippen LogP contribution is 2.49. The molecule has 1 atom stereocenters. The molecule has 1 heterocycles. The van der Waals surface area contributed by atoms with Gasteiger partial charge in [-0.2, -0.15) is 0 Å². The van der Waals surface area contributed by atoms with E-state index in [9.17, 15) is 0 Å². The maximum absolute atomic E-state index is 6.28. The third kappa shape index (κ3) is 3.01. The van der Waals surface area contributed by atoms with E-state index in [1.807, 2.05) is 6.26 Å². The molecule has 0 aromatic heterocycles. The Labute approximate surface area is 130 Å². The van der Waals surface area contributed by atoms with Crippen molar-refractivity contribution in [2.75, 3.05) is 0 Å². The maximum Gasteiger partial charge on any atom is 0.117 e. The van der Waals surface area contributed by atoms with Gasteiger partial charge in [0.05, 0.1) is 6.26 Å². The molecule has 1 aliphatic rings. The monoisotopic (exact) mass is 300 g/mol. The van der Waals surface area contributed by atoms with E-state index in [1.54, 1.807) is 0 Å². The van der Waals surface area contributed by atoms with Gasteiger partial charge in [0.25, 0.3) is 0 Å². The van der Waals surface area contributed by atoms with Gasteiger partial charge >= 0.3 is 0 Å². The number of hydrogen-bond donors (Lipinski definition) is 0. The first-order chi connectivity index (χ1) is 9.68. The van der Waals surface area contributed by atoms with Crippen LogP contribution in [0.25, 0.3) is 6.08 Å². The van der Waals surface area contributed by atoms with Crippen molar-refractivity contribution in [2.24, 2.45) is 0 Å². The summed E-state index contributed by atoms with van der Waals surface area (Å²) in [6.07, 6.45) is 7.54. The average Bonchev–Trinajstić information content (AvgIpc) is 2.80. The van der Waals surface area contributed by atoms with Crippen LogP contribution in [0.15, 0.2) is 48.2 Å². The highest BCUT2D eigenvalue weighted by Gasteiger charge is 2.54. The third-order valence-electron chi connectivity index (χ3n) is 5.29. The molecular weight excluding hydrogens is 272 g/mol. The molecule has 0 saturated heterocycles. The van der Waals surface area contributed by atoms with E-state index >= 15 is 0 Å². The SMILES string of the molecule is CC1=COC(/C=C/c2ccccc2)([Si](C)(C)C(C)(C)C)C1. The summed E-state index contributed by atoms with van der Waals surface area (Å²) >= 11 is 0. The quantitative estimate of drug-likeness (QED) is 0.640. The Bertz CT molecular complexity index is 549. The first-order valence-electron chi connectivity index (χ1n) is 7.76. The first-order valence-corrected chi connectivity index (χ1v) is 10.8. The fourth-order valence-corrected chi connectivity index (χ4v) is 5.65. The summed E-state index contributed by atoms with van der Waals surface area (Å²) < 4.78 is 6.28. The lowest BCUT2D eigenvalue weighted by molar-refractivity contribution is 0.157. The zero-order valence-electron chi connectivity index (χ0n) is 14.2. The minimum Gasteiger partial charge on any atom is -0.494 e. The Morgan fingerprint density at radius 1 is 1.14 bits per heavy atom. The molecule has 2 rings (SSSR count). The average molecular weight is 301 g/mol. The van der Waals surface area contributed by atoms with Gasteiger partial charge in [0, 0.05) is 6.42 Å². The van der Waals surface area contributed by atoms with E-state index in [0.29, 0.717) is 0 Å². The molecule has 0 N–H and O–H groups in total. The van der Waals surface area contributed by atoms with Crippen LogP contribution in [0, 0.1) is 0 Å². The molecular formula is C19H28OSi. The molecule has 0 fully saturated rings. The summed E-state index contributed by atoms with van der Waals surface area (Å²) in [7, 11) is -1.68. The first kappa shape index (κ1) is 16.1. The van der Waals surface area contributed by atoms with E-state index in [2.05, 4.69) is 83.3 Å². The van der Waals surface area contributed by atoms with E-state index < -0.39 is 8.07 Å². The van der Waals surface area contributed by atoms with Crippen molar-refractivity contribution in [3.63, 3.8) is 0 Å². The predicted molar refractivity (Wildman–Crippen MR) is 94.9 cm³/mol. The maximum atomic E-state index is 6.28. The molecule has 0 amide bonds. The molecule has 0 spiro atoms. The molecule has 0 radical (unpaired) electrons. The number of benzene rings is 1. The Morgan fingerprint density at radius 3 is 2.24 bits per heavy atom. The van der Waals surface area contributed by atoms with Gasteiger partial charge < -0.3 is 4.74 Å². The Kier molecular flexibility index (Phi) is 4.21. The largest absolute Gasteiger partial charge is 0.494 e. The molecule has 0 bridgehead atoms. The van der Waals surface area contributed by atoms with E-state index in [0.717, 1.165) is 6.42 Å². The lowest BCUT2D eigenvalue weighted by Gasteiger charge is -2.48. The van der Waals surface area contributed by atoms with Crippen molar-refractivity contribution in [3.05, 3.63) is 53.8 Å². The van der Waals surface area contributed by atoms with Crippen LogP contribution >= 0.6 is 0 Å². The minimum atomic E-state index is -1.68. The van der Waals surface area contributed by atoms with Crippen molar-refractivity contribution in [3.8, 4) is 0 Å². The zero-order valence-corrected chi connectivity index (χ0v) is 15.2. The van der Waals surface area contributed by atoms with Gasteiger partial charge in [-0.25, -0.2) is 0 Å². The molecule has 2 heteroatoms. The molecule has 1 aromatic carbocycles. The standard InChI is InChI=1S/C19H28OSi/c1-16-14-19(20-15-16,21(5,6)18(2,3)4)13-12-17-10-8-7-9-11-17/h7-13,15H,14H2,1-6H3/b13-12+. The topological polar surface area (TPSA) is 9.23 Å². The van der Waals surface area contributed by atoms with Crippen LogP contribution in [-0.4, -0.2) is 13.3 Å². The minimum absolute atomic E-state index is 0.134. The van der Waals surface area contributed by atoms with Crippen LogP contribution in [0.3, 0.4) is 0 Å². The number of ether oxygens (including phenoxy) is 1. The van der Waals surface area contributed by atoms with Crippen LogP contribution in [0.2, 0.25) is 18.1 Å². The van der Waals surface area contributed by atoms with Crippen LogP contribution < -0.4 is 0 Å². The van der Waals surface area contributed by atoms with Crippen molar-refractivity contribution in [2.45, 2.75) is 57.5 Å². The second-order valence-corrected chi connectivity index (χ2v) is 13.4. The van der Waals surface area contributed by atoms with Gasteiger partial charge in [0.1, 0.15) is 13.3 Å². The molecule has 1 nitrogen and oxygen atoms in total. The zero-order chi connectivity index (χ0) is 15.7. The molecule has 1 unspecified atom stereocenters. The molecule has 114 valence electrons. The predicted octanol–water partition coefficient (Wildman–Crippen LogP) is 5.81. The Balaban J connectivity index is 2.38. The van der Waals surface area contributed by atoms with Gasteiger partial charge in [0.15, 0.2) is 0 Å². The van der Waals surface area contributed by atoms with Gasteiger partial charge in [-0.3, -0.25) is 0 Å². The fourth-order valence-electron chi connectivity index (χ4n) is 2.81. The lowest BCUT2D eigenvalue weighted by Crippen LogP contribution is -2.58. The van der Waals surface area contributed by atoms with Gasteiger partial charge in [-0.05, 0) is 29.2 Å². The Morgan fingerprint density at radius 2 is 1.76 bits per heavy atom. The molecule has 1 aliphatic heterocycles. The smallest absolute Gasteiger partial charge is 0.117 e. The van der Waals surface area contributed by atoms with Crippen LogP contribution in [0.4, 0.5) is 0 Å². The lowest BCUT2D eigenvalue weighted by atomic mass is 10.1. The number of rotatable bonds is 3. The van der Waals surface area contributed by atoms with Crippen molar-refractivity contribution < 1.29 is 4.74 Å². The van der Waals surface area contributed by atoms with Gasteiger partial charge in [-0.15, -0.1) is 0 Å². The summed E-state index contributed by atoms with van der Waals surface area (Å²) in [4.78, 5) is 0. The summed E-state index contributed by atoms with van der Waals surface area (Å²) in [5.74, 6) is 0. The fraction of sp³-hybridized carbons (Fsp3) is 0.474. The van der Waals surface area contributed by atoms with Crippen LogP contribution in [0.5, 0.6) is 0 Å². The van der Waals surface area contributed by atoms with Crippen molar-refractivity contribution in [1.82, 2.24) is 0 Å². The van der Waals surface area contributed by atoms with Gasteiger partial charge in [0.2, 0.25) is 0 Å². The summed E-state index contributed by atoms with van der Waals surface area (Å²) in [6, 6.07) is 10.5. The van der Waals surface area contributed by atoms with Crippen molar-refractivity contribution >= 4 is 14.1 Å². The normalized spacial score (nSPS) is 23.2. The van der Waals surface area contributed by atoms with Crippen molar-refractivity contribution in [1.29, 1.82) is 0 Å². The molecule has 0 saturated carbocycles. The summed E-state index contributed by atoms with van der Waals surface area (Å²) in [5, 5.41) is 0.150. The Hall–Kier alpha value is -1.28. The van der Waals surface area contributed by atoms with Crippen LogP contribution in [-0.2, 0) is 4.74 Å². The highest BCUT2D eigenvalue weighted by atomic mass is 28.3. The van der Waals surface area contributed by atoms with E-state index in [-0.39, 0.29) is 10.3 Å². The highest BCUT2D eigenvalue weighted by molar-refractivity contribution is 6.83. The molecule has 21 heavy (non-hydrogen) atoms. The van der Waals surface area contributed by atoms with Crippen LogP contribution in [0.1, 0.15) is 39.7 Å². The van der Waals surface area contributed by atoms with Gasteiger partial charge in [-0.1, -0.05) is 70.3 Å². The number of hydrogen-bond acceptors (Lipinski definition) is 1. The van der Waals surface area contributed by atoms with E-state index in [1.165, 1.54) is 11.1 Å². The molecule has 1 aromatic rings.